The summed E-state index contributed by atoms with van der Waals surface area (Å²) >= 11 is 6.01. The quantitative estimate of drug-likeness (QED) is 0.822. The zero-order valence-electron chi connectivity index (χ0n) is 15.1. The van der Waals surface area contributed by atoms with Crippen LogP contribution in [0.1, 0.15) is 30.6 Å². The lowest BCUT2D eigenvalue weighted by molar-refractivity contribution is 0.0767. The molecule has 3 rings (SSSR count). The molecule has 1 aliphatic rings. The number of halogens is 1. The minimum atomic E-state index is 0.00662. The summed E-state index contributed by atoms with van der Waals surface area (Å²) in [6.07, 6.45) is 4.18. The molecule has 2 aromatic rings. The first-order valence-corrected chi connectivity index (χ1v) is 9.20. The molecule has 1 amide bonds. The third-order valence-corrected chi connectivity index (χ3v) is 4.38. The van der Waals surface area contributed by atoms with Gasteiger partial charge in [-0.1, -0.05) is 17.7 Å². The van der Waals surface area contributed by atoms with Gasteiger partial charge in [0.2, 0.25) is 0 Å². The van der Waals surface area contributed by atoms with Crippen molar-refractivity contribution < 1.29 is 9.53 Å². The Morgan fingerprint density at radius 1 is 1.15 bits per heavy atom. The van der Waals surface area contributed by atoms with Gasteiger partial charge in [-0.2, -0.15) is 0 Å². The molecule has 0 aliphatic carbocycles. The van der Waals surface area contributed by atoms with Crippen LogP contribution >= 0.6 is 11.6 Å². The second-order valence-corrected chi connectivity index (χ2v) is 6.93. The van der Waals surface area contributed by atoms with Gasteiger partial charge in [-0.25, -0.2) is 9.97 Å². The molecule has 26 heavy (non-hydrogen) atoms. The van der Waals surface area contributed by atoms with E-state index in [0.29, 0.717) is 36.1 Å². The highest BCUT2D eigenvalue weighted by molar-refractivity contribution is 6.30. The highest BCUT2D eigenvalue weighted by Gasteiger charge is 2.23. The molecule has 1 fully saturated rings. The van der Waals surface area contributed by atoms with Gasteiger partial charge in [-0.15, -0.1) is 0 Å². The number of benzene rings is 1. The number of aromatic nitrogens is 2. The van der Waals surface area contributed by atoms with E-state index in [1.165, 1.54) is 0 Å². The van der Waals surface area contributed by atoms with Gasteiger partial charge in [-0.05, 0) is 38.5 Å². The van der Waals surface area contributed by atoms with Crippen LogP contribution in [0, 0.1) is 0 Å². The van der Waals surface area contributed by atoms with E-state index in [2.05, 4.69) is 14.9 Å². The third-order valence-electron chi connectivity index (χ3n) is 4.15. The maximum Gasteiger partial charge on any atom is 0.257 e. The largest absolute Gasteiger partial charge is 0.472 e. The van der Waals surface area contributed by atoms with E-state index in [1.807, 2.05) is 18.7 Å². The van der Waals surface area contributed by atoms with E-state index in [9.17, 15) is 4.79 Å². The van der Waals surface area contributed by atoms with Gasteiger partial charge in [0, 0.05) is 49.2 Å². The summed E-state index contributed by atoms with van der Waals surface area (Å²) in [7, 11) is 0. The fourth-order valence-electron chi connectivity index (χ4n) is 2.98. The zero-order valence-corrected chi connectivity index (χ0v) is 15.8. The van der Waals surface area contributed by atoms with Crippen LogP contribution < -0.4 is 9.64 Å². The van der Waals surface area contributed by atoms with Crippen molar-refractivity contribution in [3.8, 4) is 5.88 Å². The molecule has 1 aliphatic heterocycles. The van der Waals surface area contributed by atoms with Gasteiger partial charge in [0.1, 0.15) is 0 Å². The number of carbonyl (C=O) groups is 1. The van der Waals surface area contributed by atoms with E-state index in [-0.39, 0.29) is 12.0 Å². The molecule has 0 bridgehead atoms. The second kappa shape index (κ2) is 8.36. The Bertz CT molecular complexity index is 769. The third kappa shape index (κ3) is 4.43. The molecule has 0 atom stereocenters. The predicted octanol–water partition coefficient (Wildman–Crippen LogP) is 3.27. The van der Waals surface area contributed by atoms with Crippen molar-refractivity contribution in [3.05, 3.63) is 47.2 Å². The lowest BCUT2D eigenvalue weighted by Crippen LogP contribution is -2.35. The van der Waals surface area contributed by atoms with Crippen LogP contribution in [0.4, 0.5) is 5.82 Å². The summed E-state index contributed by atoms with van der Waals surface area (Å²) in [4.78, 5) is 25.5. The molecule has 0 spiro atoms. The number of hydrogen-bond acceptors (Lipinski definition) is 5. The van der Waals surface area contributed by atoms with E-state index < -0.39 is 0 Å². The van der Waals surface area contributed by atoms with Crippen molar-refractivity contribution in [2.75, 3.05) is 31.1 Å². The smallest absolute Gasteiger partial charge is 0.257 e. The fraction of sp³-hybridized carbons (Fsp3) is 0.421. The molecule has 1 aromatic carbocycles. The van der Waals surface area contributed by atoms with E-state index in [4.69, 9.17) is 16.3 Å². The van der Waals surface area contributed by atoms with Crippen molar-refractivity contribution in [1.29, 1.82) is 0 Å². The van der Waals surface area contributed by atoms with E-state index in [1.54, 1.807) is 36.7 Å². The molecule has 1 saturated heterocycles. The lowest BCUT2D eigenvalue weighted by Gasteiger charge is -2.24. The normalized spacial score (nSPS) is 15.1. The molecule has 0 radical (unpaired) electrons. The van der Waals surface area contributed by atoms with Crippen molar-refractivity contribution >= 4 is 23.3 Å². The van der Waals surface area contributed by atoms with Crippen LogP contribution in [0.5, 0.6) is 5.88 Å². The molecule has 7 heteroatoms. The molecule has 0 N–H and O–H groups in total. The minimum absolute atomic E-state index is 0.00662. The van der Waals surface area contributed by atoms with Gasteiger partial charge in [-0.3, -0.25) is 4.79 Å². The molecular formula is C19H23ClN4O2. The first kappa shape index (κ1) is 18.5. The predicted molar refractivity (Wildman–Crippen MR) is 102 cm³/mol. The number of anilines is 1. The summed E-state index contributed by atoms with van der Waals surface area (Å²) in [5.74, 6) is 1.28. The standard InChI is InChI=1S/C19H23ClN4O2/c1-14(2)26-18-17(21-7-8-22-18)23-9-4-10-24(12-11-23)19(25)15-5-3-6-16(20)13-15/h3,5-8,13-14H,4,9-12H2,1-2H3. The maximum atomic E-state index is 12.8. The highest BCUT2D eigenvalue weighted by atomic mass is 35.5. The lowest BCUT2D eigenvalue weighted by atomic mass is 10.2. The van der Waals surface area contributed by atoms with E-state index >= 15 is 0 Å². The fourth-order valence-corrected chi connectivity index (χ4v) is 3.17. The van der Waals surface area contributed by atoms with Crippen LogP contribution in [-0.2, 0) is 0 Å². The van der Waals surface area contributed by atoms with Gasteiger partial charge in [0.05, 0.1) is 6.10 Å². The van der Waals surface area contributed by atoms with Crippen molar-refractivity contribution in [1.82, 2.24) is 14.9 Å². The Morgan fingerprint density at radius 2 is 1.96 bits per heavy atom. The molecule has 1 aromatic heterocycles. The van der Waals surface area contributed by atoms with Crippen LogP contribution in [0.3, 0.4) is 0 Å². The SMILES string of the molecule is CC(C)Oc1nccnc1N1CCCN(C(=O)c2cccc(Cl)c2)CC1. The average Bonchev–Trinajstić information content (AvgIpc) is 2.87. The topological polar surface area (TPSA) is 58.6 Å². The number of hydrogen-bond donors (Lipinski definition) is 0. The summed E-state index contributed by atoms with van der Waals surface area (Å²) < 4.78 is 5.79. The Balaban J connectivity index is 1.72. The van der Waals surface area contributed by atoms with Crippen LogP contribution in [0.15, 0.2) is 36.7 Å². The number of rotatable bonds is 4. The summed E-state index contributed by atoms with van der Waals surface area (Å²) in [6, 6.07) is 7.08. The molecule has 2 heterocycles. The second-order valence-electron chi connectivity index (χ2n) is 6.49. The first-order chi connectivity index (χ1) is 12.5. The van der Waals surface area contributed by atoms with Gasteiger partial charge < -0.3 is 14.5 Å². The number of amides is 1. The first-order valence-electron chi connectivity index (χ1n) is 8.82. The summed E-state index contributed by atoms with van der Waals surface area (Å²) in [6.45, 7) is 6.72. The van der Waals surface area contributed by atoms with Gasteiger partial charge >= 0.3 is 0 Å². The molecule has 6 nitrogen and oxygen atoms in total. The maximum absolute atomic E-state index is 12.8. The summed E-state index contributed by atoms with van der Waals surface area (Å²) in [5.41, 5.74) is 0.620. The number of ether oxygens (including phenoxy) is 1. The number of carbonyl (C=O) groups excluding carboxylic acids is 1. The highest BCUT2D eigenvalue weighted by Crippen LogP contribution is 2.25. The molecule has 138 valence electrons. The molecular weight excluding hydrogens is 352 g/mol. The Kier molecular flexibility index (Phi) is 5.93. The zero-order chi connectivity index (χ0) is 18.5. The Morgan fingerprint density at radius 3 is 2.73 bits per heavy atom. The summed E-state index contributed by atoms with van der Waals surface area (Å²) in [5, 5.41) is 0.572. The monoisotopic (exact) mass is 374 g/mol. The van der Waals surface area contributed by atoms with Crippen LogP contribution in [0.25, 0.3) is 0 Å². The Hall–Kier alpha value is -2.34. The van der Waals surface area contributed by atoms with Crippen molar-refractivity contribution in [3.63, 3.8) is 0 Å². The van der Waals surface area contributed by atoms with E-state index in [0.717, 1.165) is 18.8 Å². The Labute approximate surface area is 158 Å². The molecule has 0 unspecified atom stereocenters. The molecule has 0 saturated carbocycles. The average molecular weight is 375 g/mol. The van der Waals surface area contributed by atoms with Crippen molar-refractivity contribution in [2.45, 2.75) is 26.4 Å². The van der Waals surface area contributed by atoms with Gasteiger partial charge in [0.25, 0.3) is 11.8 Å². The van der Waals surface area contributed by atoms with Crippen molar-refractivity contribution in [2.24, 2.45) is 0 Å². The number of nitrogens with zero attached hydrogens (tertiary/aromatic N) is 4. The van der Waals surface area contributed by atoms with Crippen LogP contribution in [0.2, 0.25) is 5.02 Å². The van der Waals surface area contributed by atoms with Gasteiger partial charge in [0.15, 0.2) is 5.82 Å². The minimum Gasteiger partial charge on any atom is -0.472 e. The van der Waals surface area contributed by atoms with Crippen LogP contribution in [-0.4, -0.2) is 53.1 Å².